The van der Waals surface area contributed by atoms with Crippen LogP contribution in [0, 0.1) is 0 Å². The minimum Gasteiger partial charge on any atom is -0.361 e. The van der Waals surface area contributed by atoms with Gasteiger partial charge in [0, 0.05) is 0 Å². The lowest BCUT2D eigenvalue weighted by Crippen LogP contribution is -2.31. The van der Waals surface area contributed by atoms with Crippen molar-refractivity contribution in [1.29, 1.82) is 0 Å². The smallest absolute Gasteiger partial charge is 0.107 e. The van der Waals surface area contributed by atoms with E-state index in [-0.39, 0.29) is 12.5 Å². The summed E-state index contributed by atoms with van der Waals surface area (Å²) in [6.07, 6.45) is 0.293. The van der Waals surface area contributed by atoms with E-state index in [2.05, 4.69) is 0 Å². The first-order chi connectivity index (χ1) is 6.45. The Hall–Kier alpha value is -0.160. The summed E-state index contributed by atoms with van der Waals surface area (Å²) in [5, 5.41) is 0. The zero-order chi connectivity index (χ0) is 11.1. The molecule has 0 N–H and O–H groups in total. The third-order valence-corrected chi connectivity index (χ3v) is 2.26. The predicted molar refractivity (Wildman–Crippen MR) is 58.2 cm³/mol. The molecule has 0 aliphatic carbocycles. The Kier molecular flexibility index (Phi) is 7.09. The minimum absolute atomic E-state index is 0.147. The van der Waals surface area contributed by atoms with Crippen molar-refractivity contribution in [2.24, 2.45) is 0 Å². The molecule has 0 fully saturated rings. The third kappa shape index (κ3) is 6.32. The van der Waals surface area contributed by atoms with Crippen LogP contribution in [0.5, 0.6) is 0 Å². The van der Waals surface area contributed by atoms with E-state index in [9.17, 15) is 0 Å². The van der Waals surface area contributed by atoms with Gasteiger partial charge in [-0.3, -0.25) is 9.80 Å². The molecule has 0 saturated carbocycles. The molecule has 2 atom stereocenters. The number of nitrogens with zero attached hydrogens (tertiary/aromatic N) is 2. The molecule has 2 unspecified atom stereocenters. The fourth-order valence-electron chi connectivity index (χ4n) is 0.735. The van der Waals surface area contributed by atoms with Crippen LogP contribution in [0.15, 0.2) is 0 Å². The van der Waals surface area contributed by atoms with Crippen molar-refractivity contribution in [3.05, 3.63) is 0 Å². The van der Waals surface area contributed by atoms with Gasteiger partial charge in [-0.05, 0) is 42.0 Å². The Morgan fingerprint density at radius 1 is 0.786 bits per heavy atom. The lowest BCUT2D eigenvalue weighted by Gasteiger charge is -2.22. The van der Waals surface area contributed by atoms with Crippen molar-refractivity contribution in [2.75, 3.05) is 41.4 Å². The minimum atomic E-state index is 0.147. The van der Waals surface area contributed by atoms with Crippen molar-refractivity contribution in [2.45, 2.75) is 26.3 Å². The van der Waals surface area contributed by atoms with Crippen molar-refractivity contribution in [3.8, 4) is 0 Å². The molecule has 0 aromatic rings. The van der Waals surface area contributed by atoms with Gasteiger partial charge in [-0.25, -0.2) is 0 Å². The van der Waals surface area contributed by atoms with Gasteiger partial charge in [0.1, 0.15) is 12.5 Å². The molecule has 0 aliphatic rings. The molecule has 0 aromatic heterocycles. The van der Waals surface area contributed by atoms with Gasteiger partial charge in [0.05, 0.1) is 13.2 Å². The number of ether oxygens (including phenoxy) is 2. The molecule has 0 aromatic carbocycles. The van der Waals surface area contributed by atoms with Crippen molar-refractivity contribution < 1.29 is 9.47 Å². The molecule has 0 heterocycles. The summed E-state index contributed by atoms with van der Waals surface area (Å²) in [6, 6.07) is 0. The summed E-state index contributed by atoms with van der Waals surface area (Å²) < 4.78 is 11.0. The van der Waals surface area contributed by atoms with Gasteiger partial charge >= 0.3 is 0 Å². The Morgan fingerprint density at radius 2 is 1.07 bits per heavy atom. The number of hydrogen-bond donors (Lipinski definition) is 0. The van der Waals surface area contributed by atoms with Gasteiger partial charge in [0.2, 0.25) is 0 Å². The van der Waals surface area contributed by atoms with Gasteiger partial charge in [-0.15, -0.1) is 0 Å². The van der Waals surface area contributed by atoms with E-state index in [0.29, 0.717) is 13.2 Å². The van der Waals surface area contributed by atoms with Crippen LogP contribution in [0.2, 0.25) is 0 Å². The Balaban J connectivity index is 3.38. The van der Waals surface area contributed by atoms with Crippen LogP contribution in [0.3, 0.4) is 0 Å². The monoisotopic (exact) mass is 204 g/mol. The molecule has 0 radical (unpaired) electrons. The topological polar surface area (TPSA) is 24.9 Å². The van der Waals surface area contributed by atoms with Gasteiger partial charge in [-0.2, -0.15) is 0 Å². The second kappa shape index (κ2) is 7.17. The molecule has 14 heavy (non-hydrogen) atoms. The fourth-order valence-corrected chi connectivity index (χ4v) is 0.735. The average molecular weight is 204 g/mol. The van der Waals surface area contributed by atoms with Crippen LogP contribution < -0.4 is 0 Å². The SMILES string of the molecule is CC(OCCOC(C)N(C)C)N(C)C. The molecule has 0 rings (SSSR count). The van der Waals surface area contributed by atoms with Crippen LogP contribution in [-0.2, 0) is 9.47 Å². The maximum atomic E-state index is 5.52. The first-order valence-electron chi connectivity index (χ1n) is 5.01. The molecule has 0 spiro atoms. The molecule has 0 amide bonds. The molecule has 4 nitrogen and oxygen atoms in total. The van der Waals surface area contributed by atoms with Crippen LogP contribution >= 0.6 is 0 Å². The van der Waals surface area contributed by atoms with E-state index < -0.39 is 0 Å². The lowest BCUT2D eigenvalue weighted by molar-refractivity contribution is -0.0819. The highest BCUT2D eigenvalue weighted by molar-refractivity contribution is 4.46. The van der Waals surface area contributed by atoms with Crippen LogP contribution in [-0.4, -0.2) is 63.7 Å². The average Bonchev–Trinajstić information content (AvgIpc) is 2.11. The molecule has 86 valence electrons. The first-order valence-corrected chi connectivity index (χ1v) is 5.01. The van der Waals surface area contributed by atoms with Gasteiger partial charge in [0.15, 0.2) is 0 Å². The van der Waals surface area contributed by atoms with Crippen molar-refractivity contribution >= 4 is 0 Å². The number of rotatable bonds is 7. The third-order valence-electron chi connectivity index (χ3n) is 2.26. The summed E-state index contributed by atoms with van der Waals surface area (Å²) in [4.78, 5) is 4.05. The highest BCUT2D eigenvalue weighted by Crippen LogP contribution is 1.96. The van der Waals surface area contributed by atoms with E-state index in [1.54, 1.807) is 0 Å². The van der Waals surface area contributed by atoms with Crippen molar-refractivity contribution in [3.63, 3.8) is 0 Å². The molecular weight excluding hydrogens is 180 g/mol. The zero-order valence-corrected chi connectivity index (χ0v) is 10.3. The van der Waals surface area contributed by atoms with E-state index in [4.69, 9.17) is 9.47 Å². The lowest BCUT2D eigenvalue weighted by atomic mass is 10.5. The normalized spacial score (nSPS) is 16.3. The largest absolute Gasteiger partial charge is 0.361 e. The predicted octanol–water partition coefficient (Wildman–Crippen LogP) is 0.835. The van der Waals surface area contributed by atoms with Gasteiger partial charge in [-0.1, -0.05) is 0 Å². The van der Waals surface area contributed by atoms with Crippen molar-refractivity contribution in [1.82, 2.24) is 9.80 Å². The van der Waals surface area contributed by atoms with E-state index in [1.165, 1.54) is 0 Å². The van der Waals surface area contributed by atoms with Gasteiger partial charge < -0.3 is 9.47 Å². The maximum absolute atomic E-state index is 5.52. The van der Waals surface area contributed by atoms with Gasteiger partial charge in [0.25, 0.3) is 0 Å². The standard InChI is InChI=1S/C10H24N2O2/c1-9(11(3)4)13-7-8-14-10(2)12(5)6/h9-10H,7-8H2,1-6H3. The fraction of sp³-hybridized carbons (Fsp3) is 1.00. The summed E-state index contributed by atoms with van der Waals surface area (Å²) in [5.41, 5.74) is 0. The highest BCUT2D eigenvalue weighted by atomic mass is 16.5. The van der Waals surface area contributed by atoms with Crippen LogP contribution in [0.4, 0.5) is 0 Å². The second-order valence-electron chi connectivity index (χ2n) is 3.87. The summed E-state index contributed by atoms with van der Waals surface area (Å²) in [6.45, 7) is 5.32. The Morgan fingerprint density at radius 3 is 1.29 bits per heavy atom. The van der Waals surface area contributed by atoms with E-state index in [1.807, 2.05) is 51.8 Å². The Labute approximate surface area is 87.8 Å². The summed E-state index contributed by atoms with van der Waals surface area (Å²) >= 11 is 0. The molecule has 0 bridgehead atoms. The van der Waals surface area contributed by atoms with E-state index in [0.717, 1.165) is 0 Å². The molecule has 4 heteroatoms. The summed E-state index contributed by atoms with van der Waals surface area (Å²) in [5.74, 6) is 0. The Bertz CT molecular complexity index is 124. The highest BCUT2D eigenvalue weighted by Gasteiger charge is 2.06. The summed E-state index contributed by atoms with van der Waals surface area (Å²) in [7, 11) is 7.98. The van der Waals surface area contributed by atoms with Crippen LogP contribution in [0.25, 0.3) is 0 Å². The molecular formula is C10H24N2O2. The second-order valence-corrected chi connectivity index (χ2v) is 3.87. The zero-order valence-electron chi connectivity index (χ0n) is 10.3. The quantitative estimate of drug-likeness (QED) is 0.453. The van der Waals surface area contributed by atoms with E-state index >= 15 is 0 Å². The maximum Gasteiger partial charge on any atom is 0.107 e. The first kappa shape index (κ1) is 13.8. The molecule has 0 aliphatic heterocycles. The number of hydrogen-bond acceptors (Lipinski definition) is 4. The molecule has 0 saturated heterocycles. The van der Waals surface area contributed by atoms with Crippen LogP contribution in [0.1, 0.15) is 13.8 Å².